The molecule has 0 atom stereocenters. The van der Waals surface area contributed by atoms with Gasteiger partial charge in [-0.15, -0.1) is 0 Å². The molecule has 0 saturated carbocycles. The van der Waals surface area contributed by atoms with E-state index < -0.39 is 0 Å². The van der Waals surface area contributed by atoms with Crippen molar-refractivity contribution in [2.45, 2.75) is 39.2 Å². The minimum absolute atomic E-state index is 0.436. The van der Waals surface area contributed by atoms with Gasteiger partial charge in [-0.2, -0.15) is 0 Å². The van der Waals surface area contributed by atoms with Crippen LogP contribution < -0.4 is 20.3 Å². The summed E-state index contributed by atoms with van der Waals surface area (Å²) in [5.74, 6) is 2.91. The van der Waals surface area contributed by atoms with Crippen LogP contribution in [0.1, 0.15) is 30.4 Å². The number of aryl methyl sites for hydroxylation is 2. The number of aromatic nitrogens is 1. The zero-order chi connectivity index (χ0) is 20.5. The molecule has 156 valence electrons. The molecule has 1 aromatic carbocycles. The molecule has 0 bridgehead atoms. The number of hydrogen-bond donors (Lipinski definition) is 2. The standard InChI is InChI=1S/C23H33N5O/c1-18-9-10-22(26-17-18)28-14-11-20(12-15-28)27-23(24-3)25-13-6-16-29-21-8-5-4-7-19(21)2/h4-5,7-10,17,20H,6,11-16H2,1-3H3,(H2,24,25,27). The summed E-state index contributed by atoms with van der Waals surface area (Å²) in [5, 5.41) is 6.96. The van der Waals surface area contributed by atoms with Gasteiger partial charge in [0.1, 0.15) is 11.6 Å². The molecular formula is C23H33N5O. The SMILES string of the molecule is CN=C(NCCCOc1ccccc1C)NC1CCN(c2ccc(C)cn2)CC1. The van der Waals surface area contributed by atoms with Crippen molar-refractivity contribution >= 4 is 11.8 Å². The van der Waals surface area contributed by atoms with Crippen LogP contribution >= 0.6 is 0 Å². The van der Waals surface area contributed by atoms with Gasteiger partial charge in [-0.25, -0.2) is 4.98 Å². The second-order valence-electron chi connectivity index (χ2n) is 7.57. The van der Waals surface area contributed by atoms with Crippen LogP contribution in [0.15, 0.2) is 47.6 Å². The van der Waals surface area contributed by atoms with Crippen LogP contribution in [-0.2, 0) is 0 Å². The first-order valence-electron chi connectivity index (χ1n) is 10.5. The molecule has 0 aliphatic carbocycles. The number of piperidine rings is 1. The van der Waals surface area contributed by atoms with Crippen molar-refractivity contribution in [3.63, 3.8) is 0 Å². The Kier molecular flexibility index (Phi) is 7.73. The third kappa shape index (κ3) is 6.38. The molecule has 2 N–H and O–H groups in total. The van der Waals surface area contributed by atoms with Crippen molar-refractivity contribution in [2.75, 3.05) is 38.2 Å². The zero-order valence-electron chi connectivity index (χ0n) is 17.8. The summed E-state index contributed by atoms with van der Waals surface area (Å²) >= 11 is 0. The minimum Gasteiger partial charge on any atom is -0.493 e. The number of benzene rings is 1. The van der Waals surface area contributed by atoms with E-state index in [0.717, 1.165) is 56.4 Å². The van der Waals surface area contributed by atoms with E-state index in [0.29, 0.717) is 12.6 Å². The predicted molar refractivity (Wildman–Crippen MR) is 120 cm³/mol. The summed E-state index contributed by atoms with van der Waals surface area (Å²) in [4.78, 5) is 11.3. The van der Waals surface area contributed by atoms with Gasteiger partial charge in [-0.1, -0.05) is 24.3 Å². The molecule has 3 rings (SSSR count). The van der Waals surface area contributed by atoms with E-state index in [1.54, 1.807) is 0 Å². The Morgan fingerprint density at radius 1 is 1.17 bits per heavy atom. The number of nitrogens with zero attached hydrogens (tertiary/aromatic N) is 3. The average molecular weight is 396 g/mol. The zero-order valence-corrected chi connectivity index (χ0v) is 17.8. The number of ether oxygens (including phenoxy) is 1. The Bertz CT molecular complexity index is 782. The van der Waals surface area contributed by atoms with Crippen LogP contribution in [0.2, 0.25) is 0 Å². The molecule has 1 fully saturated rings. The van der Waals surface area contributed by atoms with Crippen LogP contribution in [0.5, 0.6) is 5.75 Å². The van der Waals surface area contributed by atoms with E-state index in [9.17, 15) is 0 Å². The molecule has 0 radical (unpaired) electrons. The Morgan fingerprint density at radius 3 is 2.66 bits per heavy atom. The molecule has 2 aromatic rings. The van der Waals surface area contributed by atoms with E-state index >= 15 is 0 Å². The van der Waals surface area contributed by atoms with Crippen molar-refractivity contribution in [2.24, 2.45) is 4.99 Å². The minimum atomic E-state index is 0.436. The second-order valence-corrected chi connectivity index (χ2v) is 7.57. The summed E-state index contributed by atoms with van der Waals surface area (Å²) in [6, 6.07) is 12.8. The average Bonchev–Trinajstić information content (AvgIpc) is 2.75. The number of aliphatic imine (C=N–C) groups is 1. The predicted octanol–water partition coefficient (Wildman–Crippen LogP) is 3.30. The number of hydrogen-bond acceptors (Lipinski definition) is 4. The fourth-order valence-electron chi connectivity index (χ4n) is 3.47. The maximum atomic E-state index is 5.85. The largest absolute Gasteiger partial charge is 0.493 e. The lowest BCUT2D eigenvalue weighted by Gasteiger charge is -2.33. The van der Waals surface area contributed by atoms with E-state index in [4.69, 9.17) is 4.74 Å². The van der Waals surface area contributed by atoms with Crippen molar-refractivity contribution in [3.05, 3.63) is 53.7 Å². The van der Waals surface area contributed by atoms with Gasteiger partial charge in [0.15, 0.2) is 5.96 Å². The van der Waals surface area contributed by atoms with Gasteiger partial charge in [0.2, 0.25) is 0 Å². The number of pyridine rings is 1. The van der Waals surface area contributed by atoms with Gasteiger partial charge in [0.05, 0.1) is 6.61 Å². The number of para-hydroxylation sites is 1. The van der Waals surface area contributed by atoms with Gasteiger partial charge in [-0.05, 0) is 56.4 Å². The molecule has 1 aromatic heterocycles. The molecule has 0 amide bonds. The Balaban J connectivity index is 1.34. The first-order valence-corrected chi connectivity index (χ1v) is 10.5. The maximum Gasteiger partial charge on any atom is 0.191 e. The first kappa shape index (κ1) is 21.0. The van der Waals surface area contributed by atoms with Crippen molar-refractivity contribution in [1.82, 2.24) is 15.6 Å². The van der Waals surface area contributed by atoms with Crippen molar-refractivity contribution in [1.29, 1.82) is 0 Å². The van der Waals surface area contributed by atoms with Crippen molar-refractivity contribution < 1.29 is 4.74 Å². The van der Waals surface area contributed by atoms with E-state index in [2.05, 4.69) is 57.6 Å². The first-order chi connectivity index (χ1) is 14.2. The molecule has 0 unspecified atom stereocenters. The number of guanidine groups is 1. The monoisotopic (exact) mass is 395 g/mol. The lowest BCUT2D eigenvalue weighted by atomic mass is 10.1. The number of anilines is 1. The fourth-order valence-corrected chi connectivity index (χ4v) is 3.47. The van der Waals surface area contributed by atoms with E-state index in [1.807, 2.05) is 31.4 Å². The van der Waals surface area contributed by atoms with E-state index in [1.165, 1.54) is 11.1 Å². The highest BCUT2D eigenvalue weighted by Gasteiger charge is 2.20. The van der Waals surface area contributed by atoms with Crippen LogP contribution in [0.4, 0.5) is 5.82 Å². The lowest BCUT2D eigenvalue weighted by molar-refractivity contribution is 0.309. The summed E-state index contributed by atoms with van der Waals surface area (Å²) in [5.41, 5.74) is 2.37. The highest BCUT2D eigenvalue weighted by molar-refractivity contribution is 5.79. The van der Waals surface area contributed by atoms with E-state index in [-0.39, 0.29) is 0 Å². The molecule has 29 heavy (non-hydrogen) atoms. The molecule has 1 aliphatic heterocycles. The number of nitrogens with one attached hydrogen (secondary N) is 2. The molecular weight excluding hydrogens is 362 g/mol. The fraction of sp³-hybridized carbons (Fsp3) is 0.478. The second kappa shape index (κ2) is 10.7. The Labute approximate surface area is 174 Å². The van der Waals surface area contributed by atoms with Crippen LogP contribution in [0, 0.1) is 13.8 Å². The quantitative estimate of drug-likeness (QED) is 0.428. The van der Waals surface area contributed by atoms with Gasteiger partial charge in [0, 0.05) is 38.9 Å². The lowest BCUT2D eigenvalue weighted by Crippen LogP contribution is -2.49. The normalized spacial score (nSPS) is 15.3. The molecule has 6 nitrogen and oxygen atoms in total. The van der Waals surface area contributed by atoms with Crippen LogP contribution in [0.3, 0.4) is 0 Å². The highest BCUT2D eigenvalue weighted by atomic mass is 16.5. The Hall–Kier alpha value is -2.76. The van der Waals surface area contributed by atoms with Crippen molar-refractivity contribution in [3.8, 4) is 5.75 Å². The van der Waals surface area contributed by atoms with Gasteiger partial charge in [-0.3, -0.25) is 4.99 Å². The third-order valence-electron chi connectivity index (χ3n) is 5.24. The number of rotatable bonds is 7. The van der Waals surface area contributed by atoms with Crippen LogP contribution in [-0.4, -0.2) is 50.3 Å². The molecule has 2 heterocycles. The summed E-state index contributed by atoms with van der Waals surface area (Å²) < 4.78 is 5.85. The molecule has 1 aliphatic rings. The maximum absolute atomic E-state index is 5.85. The smallest absolute Gasteiger partial charge is 0.191 e. The summed E-state index contributed by atoms with van der Waals surface area (Å²) in [6.45, 7) is 7.68. The third-order valence-corrected chi connectivity index (χ3v) is 5.24. The van der Waals surface area contributed by atoms with Gasteiger partial charge in [0.25, 0.3) is 0 Å². The molecule has 6 heteroatoms. The summed E-state index contributed by atoms with van der Waals surface area (Å²) in [7, 11) is 1.82. The molecule has 1 saturated heterocycles. The highest BCUT2D eigenvalue weighted by Crippen LogP contribution is 2.18. The van der Waals surface area contributed by atoms with Gasteiger partial charge >= 0.3 is 0 Å². The van der Waals surface area contributed by atoms with Gasteiger partial charge < -0.3 is 20.3 Å². The summed E-state index contributed by atoms with van der Waals surface area (Å²) in [6.07, 6.45) is 5.01. The van der Waals surface area contributed by atoms with Crippen LogP contribution in [0.25, 0.3) is 0 Å². The Morgan fingerprint density at radius 2 is 1.97 bits per heavy atom. The molecule has 0 spiro atoms. The topological polar surface area (TPSA) is 61.8 Å².